The molecular weight excluding hydrogens is 242 g/mol. The van der Waals surface area contributed by atoms with Gasteiger partial charge in [-0.3, -0.25) is 4.90 Å². The lowest BCUT2D eigenvalue weighted by Gasteiger charge is -2.18. The highest BCUT2D eigenvalue weighted by Gasteiger charge is 2.40. The van der Waals surface area contributed by atoms with Crippen LogP contribution in [0.5, 0.6) is 0 Å². The van der Waals surface area contributed by atoms with Crippen molar-refractivity contribution in [3.8, 4) is 0 Å². The topological polar surface area (TPSA) is 50.5 Å². The monoisotopic (exact) mass is 265 g/mol. The molecule has 5 heteroatoms. The average molecular weight is 265 g/mol. The Hall–Kier alpha value is -0.910. The molecule has 0 radical (unpaired) electrons. The summed E-state index contributed by atoms with van der Waals surface area (Å²) in [6.45, 7) is 4.80. The number of nitrogens with zero attached hydrogens (tertiary/aromatic N) is 3. The number of imidazole rings is 1. The smallest absolute Gasteiger partial charge is 0.0949 e. The second-order valence-electron chi connectivity index (χ2n) is 5.91. The minimum atomic E-state index is -0.0515. The summed E-state index contributed by atoms with van der Waals surface area (Å²) >= 11 is 0. The molecule has 3 rings (SSSR count). The Kier molecular flexibility index (Phi) is 3.86. The molecule has 3 atom stereocenters. The van der Waals surface area contributed by atoms with Gasteiger partial charge in [-0.2, -0.15) is 0 Å². The molecule has 1 aliphatic heterocycles. The molecule has 2 aliphatic rings. The molecule has 1 saturated carbocycles. The zero-order valence-electron chi connectivity index (χ0n) is 11.5. The maximum absolute atomic E-state index is 9.67. The highest BCUT2D eigenvalue weighted by atomic mass is 16.5. The van der Waals surface area contributed by atoms with E-state index in [-0.39, 0.29) is 6.10 Å². The van der Waals surface area contributed by atoms with Gasteiger partial charge in [0.1, 0.15) is 0 Å². The largest absolute Gasteiger partial charge is 0.393 e. The first-order chi connectivity index (χ1) is 9.26. The third kappa shape index (κ3) is 2.83. The third-order valence-corrected chi connectivity index (χ3v) is 4.52. The number of hydrogen-bond donors (Lipinski definition) is 1. The van der Waals surface area contributed by atoms with Crippen LogP contribution in [-0.4, -0.2) is 52.5 Å². The molecule has 1 aromatic rings. The van der Waals surface area contributed by atoms with Gasteiger partial charge in [0.2, 0.25) is 0 Å². The van der Waals surface area contributed by atoms with Gasteiger partial charge in [0, 0.05) is 39.5 Å². The molecule has 1 aliphatic carbocycles. The fraction of sp³-hybridized carbons (Fsp3) is 0.786. The van der Waals surface area contributed by atoms with E-state index in [0.29, 0.717) is 11.8 Å². The van der Waals surface area contributed by atoms with E-state index in [4.69, 9.17) is 4.74 Å². The van der Waals surface area contributed by atoms with Gasteiger partial charge in [0.25, 0.3) is 0 Å². The first-order valence-electron chi connectivity index (χ1n) is 7.14. The number of likely N-dealkylation sites (tertiary alicyclic amines) is 1. The minimum Gasteiger partial charge on any atom is -0.393 e. The molecule has 1 N–H and O–H groups in total. The zero-order valence-corrected chi connectivity index (χ0v) is 11.5. The van der Waals surface area contributed by atoms with Crippen LogP contribution in [0.4, 0.5) is 0 Å². The van der Waals surface area contributed by atoms with E-state index in [9.17, 15) is 5.11 Å². The SMILES string of the molecule is COCCn1cncc1CN1C[C@H]2CC(O)C[C@H]2C1. The van der Waals surface area contributed by atoms with Crippen molar-refractivity contribution < 1.29 is 9.84 Å². The van der Waals surface area contributed by atoms with E-state index in [1.54, 1.807) is 7.11 Å². The van der Waals surface area contributed by atoms with E-state index >= 15 is 0 Å². The van der Waals surface area contributed by atoms with Crippen molar-refractivity contribution in [3.63, 3.8) is 0 Å². The van der Waals surface area contributed by atoms with Gasteiger partial charge >= 0.3 is 0 Å². The van der Waals surface area contributed by atoms with Crippen LogP contribution in [0.25, 0.3) is 0 Å². The summed E-state index contributed by atoms with van der Waals surface area (Å²) in [5.41, 5.74) is 1.26. The Morgan fingerprint density at radius 3 is 2.79 bits per heavy atom. The van der Waals surface area contributed by atoms with E-state index in [2.05, 4.69) is 14.5 Å². The molecule has 0 spiro atoms. The number of hydrogen-bond acceptors (Lipinski definition) is 4. The summed E-state index contributed by atoms with van der Waals surface area (Å²) in [6.07, 6.45) is 5.77. The minimum absolute atomic E-state index is 0.0515. The van der Waals surface area contributed by atoms with E-state index in [1.165, 1.54) is 5.69 Å². The maximum atomic E-state index is 9.67. The van der Waals surface area contributed by atoms with Crippen molar-refractivity contribution in [1.82, 2.24) is 14.5 Å². The Balaban J connectivity index is 1.56. The number of ether oxygens (including phenoxy) is 1. The lowest BCUT2D eigenvalue weighted by Crippen LogP contribution is -2.24. The lowest BCUT2D eigenvalue weighted by molar-refractivity contribution is 0.160. The quantitative estimate of drug-likeness (QED) is 0.853. The maximum Gasteiger partial charge on any atom is 0.0949 e. The first kappa shape index (κ1) is 13.1. The molecule has 1 aromatic heterocycles. The predicted octanol–water partition coefficient (Wildman–Crippen LogP) is 0.732. The van der Waals surface area contributed by atoms with Gasteiger partial charge in [-0.25, -0.2) is 4.98 Å². The van der Waals surface area contributed by atoms with E-state index < -0.39 is 0 Å². The molecule has 106 valence electrons. The van der Waals surface area contributed by atoms with Crippen LogP contribution in [-0.2, 0) is 17.8 Å². The molecule has 0 amide bonds. The number of aliphatic hydroxyl groups excluding tert-OH is 1. The van der Waals surface area contributed by atoms with E-state index in [0.717, 1.165) is 45.6 Å². The van der Waals surface area contributed by atoms with Gasteiger partial charge < -0.3 is 14.4 Å². The standard InChI is InChI=1S/C14H23N3O2/c1-19-3-2-17-10-15-6-13(17)9-16-7-11-4-14(18)5-12(11)8-16/h6,10-12,14,18H,2-5,7-9H2,1H3/t11-,12+,14?. The summed E-state index contributed by atoms with van der Waals surface area (Å²) in [5.74, 6) is 1.40. The number of aliphatic hydroxyl groups is 1. The second-order valence-corrected chi connectivity index (χ2v) is 5.91. The van der Waals surface area contributed by atoms with Gasteiger partial charge in [-0.05, 0) is 24.7 Å². The molecule has 5 nitrogen and oxygen atoms in total. The Labute approximate surface area is 114 Å². The predicted molar refractivity (Wildman–Crippen MR) is 71.6 cm³/mol. The molecular formula is C14H23N3O2. The molecule has 0 aromatic carbocycles. The van der Waals surface area contributed by atoms with Crippen LogP contribution < -0.4 is 0 Å². The van der Waals surface area contributed by atoms with Crippen LogP contribution in [0, 0.1) is 11.8 Å². The van der Waals surface area contributed by atoms with Crippen molar-refractivity contribution >= 4 is 0 Å². The summed E-state index contributed by atoms with van der Waals surface area (Å²) < 4.78 is 7.30. The summed E-state index contributed by atoms with van der Waals surface area (Å²) in [5, 5.41) is 9.67. The van der Waals surface area contributed by atoms with Gasteiger partial charge in [-0.1, -0.05) is 0 Å². The molecule has 19 heavy (non-hydrogen) atoms. The zero-order chi connectivity index (χ0) is 13.2. The van der Waals surface area contributed by atoms with Gasteiger partial charge in [0.05, 0.1) is 24.7 Å². The fourth-order valence-corrected chi connectivity index (χ4v) is 3.59. The summed E-state index contributed by atoms with van der Waals surface area (Å²) in [4.78, 5) is 6.74. The molecule has 2 heterocycles. The van der Waals surface area contributed by atoms with Gasteiger partial charge in [-0.15, -0.1) is 0 Å². The van der Waals surface area contributed by atoms with Crippen LogP contribution in [0.1, 0.15) is 18.5 Å². The van der Waals surface area contributed by atoms with Crippen molar-refractivity contribution in [1.29, 1.82) is 0 Å². The average Bonchev–Trinajstić information content (AvgIpc) is 3.02. The molecule has 0 bridgehead atoms. The Bertz CT molecular complexity index is 407. The van der Waals surface area contributed by atoms with Crippen LogP contribution in [0.2, 0.25) is 0 Å². The van der Waals surface area contributed by atoms with Crippen LogP contribution in [0.15, 0.2) is 12.5 Å². The van der Waals surface area contributed by atoms with Crippen LogP contribution in [0.3, 0.4) is 0 Å². The fourth-order valence-electron chi connectivity index (χ4n) is 3.59. The van der Waals surface area contributed by atoms with Crippen molar-refractivity contribution in [2.24, 2.45) is 11.8 Å². The normalized spacial score (nSPS) is 30.9. The molecule has 1 saturated heterocycles. The lowest BCUT2D eigenvalue weighted by atomic mass is 10.0. The van der Waals surface area contributed by atoms with Gasteiger partial charge in [0.15, 0.2) is 0 Å². The van der Waals surface area contributed by atoms with E-state index in [1.807, 2.05) is 12.5 Å². The highest BCUT2D eigenvalue weighted by molar-refractivity contribution is 5.01. The molecule has 1 unspecified atom stereocenters. The number of fused-ring (bicyclic) bond motifs is 1. The number of aromatic nitrogens is 2. The van der Waals surface area contributed by atoms with Crippen molar-refractivity contribution in [2.75, 3.05) is 26.8 Å². The van der Waals surface area contributed by atoms with Crippen LogP contribution >= 0.6 is 0 Å². The Morgan fingerprint density at radius 2 is 2.11 bits per heavy atom. The highest BCUT2D eigenvalue weighted by Crippen LogP contribution is 2.38. The molecule has 2 fully saturated rings. The Morgan fingerprint density at radius 1 is 1.37 bits per heavy atom. The summed E-state index contributed by atoms with van der Waals surface area (Å²) in [7, 11) is 1.73. The van der Waals surface area contributed by atoms with Crippen molar-refractivity contribution in [3.05, 3.63) is 18.2 Å². The van der Waals surface area contributed by atoms with Crippen molar-refractivity contribution in [2.45, 2.75) is 32.0 Å². The third-order valence-electron chi connectivity index (χ3n) is 4.52. The second kappa shape index (κ2) is 5.61. The number of rotatable bonds is 5. The summed E-state index contributed by atoms with van der Waals surface area (Å²) in [6, 6.07) is 0. The first-order valence-corrected chi connectivity index (χ1v) is 7.14. The number of methoxy groups -OCH3 is 1.